The van der Waals surface area contributed by atoms with Crippen molar-refractivity contribution in [2.45, 2.75) is 58.2 Å². The minimum Gasteiger partial charge on any atom is -0.147 e. The van der Waals surface area contributed by atoms with Gasteiger partial charge in [-0.05, 0) is 0 Å². The summed E-state index contributed by atoms with van der Waals surface area (Å²) in [5, 5.41) is 0. The molecular weight excluding hydrogens is 361 g/mol. The van der Waals surface area contributed by atoms with Crippen LogP contribution in [0.25, 0.3) is 5.57 Å². The van der Waals surface area contributed by atoms with E-state index < -0.39 is 0 Å². The van der Waals surface area contributed by atoms with Gasteiger partial charge in [0, 0.05) is 0 Å². The van der Waals surface area contributed by atoms with Crippen LogP contribution in [0.4, 0.5) is 0 Å². The third-order valence-corrected chi connectivity index (χ3v) is 6.50. The zero-order valence-electron chi connectivity index (χ0n) is 15.0. The van der Waals surface area contributed by atoms with Gasteiger partial charge in [0.05, 0.1) is 0 Å². The predicted octanol–water partition coefficient (Wildman–Crippen LogP) is 5.93. The second kappa shape index (κ2) is 9.44. The van der Waals surface area contributed by atoms with Crippen molar-refractivity contribution in [2.75, 3.05) is 0 Å². The van der Waals surface area contributed by atoms with E-state index in [4.69, 9.17) is 0 Å². The molecule has 1 aromatic rings. The number of hydrogen-bond acceptors (Lipinski definition) is 1. The maximum Gasteiger partial charge on any atom is -0.147 e. The molecule has 0 bridgehead atoms. The molecule has 1 N–H and O–H groups in total. The van der Waals surface area contributed by atoms with E-state index in [-0.39, 0.29) is 49.8 Å². The normalized spacial score (nSPS) is 14.5. The van der Waals surface area contributed by atoms with Crippen LogP contribution in [0.5, 0.6) is 0 Å². The molecule has 1 nitrogen and oxygen atoms in total. The van der Waals surface area contributed by atoms with Gasteiger partial charge in [0.1, 0.15) is 0 Å². The number of rotatable bonds is 4. The van der Waals surface area contributed by atoms with Crippen LogP contribution in [-0.4, -0.2) is 5.54 Å². The van der Waals surface area contributed by atoms with Gasteiger partial charge in [0.2, 0.25) is 0 Å². The SMILES string of the molecule is CC1=C(C)C(C)=C(c2ccccc2[CH2][Ti][NH]C(C)(C)C)C1.Cl.Cl. The fraction of sp³-hybridized carbons (Fsp3) is 0.474. The predicted molar refractivity (Wildman–Crippen MR) is 103 cm³/mol. The van der Waals surface area contributed by atoms with Gasteiger partial charge in [-0.2, -0.15) is 0 Å². The molecular formula is C19H29Cl2NTi. The minimum atomic E-state index is -0.139. The van der Waals surface area contributed by atoms with Crippen molar-refractivity contribution in [1.82, 2.24) is 3.80 Å². The Hall–Kier alpha value is -0.0457. The van der Waals surface area contributed by atoms with Crippen LogP contribution in [-0.2, 0) is 24.1 Å². The van der Waals surface area contributed by atoms with E-state index >= 15 is 0 Å². The number of hydrogen-bond donors (Lipinski definition) is 1. The Labute approximate surface area is 163 Å². The minimum absolute atomic E-state index is 0. The first-order valence-corrected chi connectivity index (χ1v) is 9.63. The van der Waals surface area contributed by atoms with Gasteiger partial charge >= 0.3 is 139 Å². The molecule has 0 fully saturated rings. The van der Waals surface area contributed by atoms with Gasteiger partial charge in [-0.15, -0.1) is 24.8 Å². The third-order valence-electron chi connectivity index (χ3n) is 4.18. The standard InChI is InChI=1S/C15H17.C4H10N.2ClH.Ti/c1-10-7-5-6-8-14(10)15-9-11(2)12(3)13(15)4;1-4(2,3)5;;;/h5-8H,1,9H2,2-4H3;5H,1-3H3;2*1H;/q;-1;;;+1. The molecule has 0 radical (unpaired) electrons. The maximum atomic E-state index is 3.72. The van der Waals surface area contributed by atoms with Gasteiger partial charge in [-0.25, -0.2) is 0 Å². The molecule has 0 amide bonds. The summed E-state index contributed by atoms with van der Waals surface area (Å²) in [6.45, 7) is 13.6. The zero-order chi connectivity index (χ0) is 15.6. The van der Waals surface area contributed by atoms with Crippen molar-refractivity contribution in [3.63, 3.8) is 0 Å². The average Bonchev–Trinajstić information content (AvgIpc) is 2.66. The number of allylic oxidation sites excluding steroid dienone is 4. The molecule has 1 aliphatic carbocycles. The molecule has 23 heavy (non-hydrogen) atoms. The molecule has 4 heteroatoms. The quantitative estimate of drug-likeness (QED) is 0.629. The van der Waals surface area contributed by atoms with Crippen LogP contribution in [0.1, 0.15) is 59.1 Å². The van der Waals surface area contributed by atoms with Gasteiger partial charge in [0.15, 0.2) is 0 Å². The molecule has 0 aromatic heterocycles. The van der Waals surface area contributed by atoms with Crippen molar-refractivity contribution in [1.29, 1.82) is 0 Å². The maximum absolute atomic E-state index is 3.72. The molecule has 0 atom stereocenters. The summed E-state index contributed by atoms with van der Waals surface area (Å²) in [6, 6.07) is 8.98. The second-order valence-electron chi connectivity index (χ2n) is 7.07. The number of nitrogens with one attached hydrogen (secondary N) is 1. The van der Waals surface area contributed by atoms with Crippen molar-refractivity contribution in [3.8, 4) is 0 Å². The largest absolute Gasteiger partial charge is 0.147 e. The van der Waals surface area contributed by atoms with Gasteiger partial charge < -0.3 is 0 Å². The molecule has 0 unspecified atom stereocenters. The number of benzene rings is 1. The molecule has 1 aliphatic rings. The molecule has 128 valence electrons. The Morgan fingerprint density at radius 3 is 2.13 bits per heavy atom. The van der Waals surface area contributed by atoms with Crippen LogP contribution < -0.4 is 3.80 Å². The monoisotopic (exact) mass is 389 g/mol. The average molecular weight is 390 g/mol. The molecule has 0 saturated carbocycles. The summed E-state index contributed by atoms with van der Waals surface area (Å²) in [5.74, 6) is 0. The third kappa shape index (κ3) is 6.07. The van der Waals surface area contributed by atoms with Crippen LogP contribution in [0, 0.1) is 0 Å². The van der Waals surface area contributed by atoms with Crippen molar-refractivity contribution < 1.29 is 19.4 Å². The van der Waals surface area contributed by atoms with E-state index in [1.807, 2.05) is 0 Å². The first-order chi connectivity index (χ1) is 9.79. The molecule has 1 aromatic carbocycles. The van der Waals surface area contributed by atoms with Crippen LogP contribution in [0.15, 0.2) is 41.0 Å². The Morgan fingerprint density at radius 2 is 1.61 bits per heavy atom. The van der Waals surface area contributed by atoms with Crippen molar-refractivity contribution in [2.24, 2.45) is 0 Å². The second-order valence-corrected chi connectivity index (χ2v) is 8.57. The number of halogens is 2. The van der Waals surface area contributed by atoms with Crippen LogP contribution in [0.2, 0.25) is 0 Å². The smallest absolute Gasteiger partial charge is 0.147 e. The first-order valence-electron chi connectivity index (χ1n) is 7.74. The van der Waals surface area contributed by atoms with E-state index in [0.29, 0.717) is 0 Å². The summed E-state index contributed by atoms with van der Waals surface area (Å²) in [6.07, 6.45) is 1.13. The molecule has 0 heterocycles. The van der Waals surface area contributed by atoms with E-state index in [1.165, 1.54) is 32.6 Å². The zero-order valence-corrected chi connectivity index (χ0v) is 18.2. The Balaban J connectivity index is 0.00000242. The van der Waals surface area contributed by atoms with Gasteiger partial charge in [-0.1, -0.05) is 0 Å². The van der Waals surface area contributed by atoms with Gasteiger partial charge in [0.25, 0.3) is 0 Å². The summed E-state index contributed by atoms with van der Waals surface area (Å²) < 4.78 is 4.93. The molecule has 2 rings (SSSR count). The van der Waals surface area contributed by atoms with Crippen molar-refractivity contribution in [3.05, 3.63) is 52.1 Å². The van der Waals surface area contributed by atoms with Gasteiger partial charge in [-0.3, -0.25) is 0 Å². The van der Waals surface area contributed by atoms with E-state index in [9.17, 15) is 0 Å². The summed E-state index contributed by atoms with van der Waals surface area (Å²) >= 11 is -0.139. The first kappa shape index (κ1) is 23.0. The van der Waals surface area contributed by atoms with E-state index in [0.717, 1.165) is 6.42 Å². The molecule has 0 spiro atoms. The Morgan fingerprint density at radius 1 is 1.00 bits per heavy atom. The summed E-state index contributed by atoms with van der Waals surface area (Å²) in [4.78, 5) is 0. The van der Waals surface area contributed by atoms with E-state index in [1.54, 1.807) is 5.57 Å². The molecule has 0 saturated heterocycles. The topological polar surface area (TPSA) is 12.0 Å². The fourth-order valence-corrected chi connectivity index (χ4v) is 4.49. The molecule has 0 aliphatic heterocycles. The van der Waals surface area contributed by atoms with Crippen molar-refractivity contribution >= 4 is 30.4 Å². The Bertz CT molecular complexity index is 598. The summed E-state index contributed by atoms with van der Waals surface area (Å²) in [5.41, 5.74) is 9.29. The van der Waals surface area contributed by atoms with Crippen LogP contribution >= 0.6 is 24.8 Å². The van der Waals surface area contributed by atoms with E-state index in [2.05, 4.69) is 69.6 Å². The Kier molecular flexibility index (Phi) is 9.42. The van der Waals surface area contributed by atoms with Crippen LogP contribution in [0.3, 0.4) is 0 Å². The summed E-state index contributed by atoms with van der Waals surface area (Å²) in [7, 11) is 0. The fourth-order valence-electron chi connectivity index (χ4n) is 2.75.